The van der Waals surface area contributed by atoms with E-state index in [4.69, 9.17) is 10.7 Å². The van der Waals surface area contributed by atoms with Crippen LogP contribution in [-0.2, 0) is 0 Å². The summed E-state index contributed by atoms with van der Waals surface area (Å²) in [7, 11) is 0. The van der Waals surface area contributed by atoms with Gasteiger partial charge in [-0.3, -0.25) is 0 Å². The Labute approximate surface area is 95.3 Å². The minimum Gasteiger partial charge on any atom is -0.397 e. The first-order valence-electron chi connectivity index (χ1n) is 5.95. The van der Waals surface area contributed by atoms with E-state index in [9.17, 15) is 0 Å². The fourth-order valence-electron chi connectivity index (χ4n) is 2.33. The van der Waals surface area contributed by atoms with Gasteiger partial charge in [-0.2, -0.15) is 0 Å². The fourth-order valence-corrected chi connectivity index (χ4v) is 2.33. The lowest BCUT2D eigenvalue weighted by Gasteiger charge is -2.12. The van der Waals surface area contributed by atoms with Crippen LogP contribution < -0.4 is 5.73 Å². The molecule has 0 aliphatic heterocycles. The van der Waals surface area contributed by atoms with Crippen molar-refractivity contribution < 1.29 is 0 Å². The summed E-state index contributed by atoms with van der Waals surface area (Å²) in [4.78, 5) is 4.73. The molecule has 0 spiro atoms. The van der Waals surface area contributed by atoms with Crippen molar-refractivity contribution in [3.63, 3.8) is 0 Å². The molecule has 16 heavy (non-hydrogen) atoms. The van der Waals surface area contributed by atoms with Crippen molar-refractivity contribution in [3.8, 4) is 0 Å². The Morgan fingerprint density at radius 2 is 2.12 bits per heavy atom. The molecule has 3 heteroatoms. The molecular formula is C13H17N3. The molecule has 1 heterocycles. The Hall–Kier alpha value is -1.51. The number of hydrogen-bond acceptors (Lipinski definition) is 2. The van der Waals surface area contributed by atoms with Gasteiger partial charge in [0, 0.05) is 12.0 Å². The van der Waals surface area contributed by atoms with Crippen LogP contribution in [0.3, 0.4) is 0 Å². The van der Waals surface area contributed by atoms with E-state index in [0.717, 1.165) is 11.2 Å². The molecule has 0 atom stereocenters. The molecule has 0 unspecified atom stereocenters. The number of nitrogen functional groups attached to an aromatic ring is 1. The number of anilines is 1. The Bertz CT molecular complexity index is 535. The molecule has 1 aromatic heterocycles. The van der Waals surface area contributed by atoms with Gasteiger partial charge < -0.3 is 10.3 Å². The Morgan fingerprint density at radius 3 is 2.75 bits per heavy atom. The Morgan fingerprint density at radius 1 is 1.38 bits per heavy atom. The van der Waals surface area contributed by atoms with Crippen LogP contribution in [0.25, 0.3) is 11.0 Å². The highest BCUT2D eigenvalue weighted by Gasteiger charge is 2.30. The van der Waals surface area contributed by atoms with Gasteiger partial charge in [-0.25, -0.2) is 4.98 Å². The molecular weight excluding hydrogens is 198 g/mol. The zero-order valence-corrected chi connectivity index (χ0v) is 9.77. The van der Waals surface area contributed by atoms with Crippen molar-refractivity contribution >= 4 is 16.7 Å². The van der Waals surface area contributed by atoms with Crippen LogP contribution in [0, 0.1) is 0 Å². The summed E-state index contributed by atoms with van der Waals surface area (Å²) in [6.07, 6.45) is 2.55. The van der Waals surface area contributed by atoms with E-state index in [2.05, 4.69) is 24.5 Å². The molecule has 1 aromatic carbocycles. The molecule has 0 amide bonds. The van der Waals surface area contributed by atoms with Gasteiger partial charge in [0.2, 0.25) is 0 Å². The number of nitrogens with zero attached hydrogens (tertiary/aromatic N) is 2. The quantitative estimate of drug-likeness (QED) is 0.782. The second-order valence-electron chi connectivity index (χ2n) is 4.92. The van der Waals surface area contributed by atoms with E-state index in [1.165, 1.54) is 24.2 Å². The maximum atomic E-state index is 5.98. The first-order chi connectivity index (χ1) is 7.68. The molecule has 1 aliphatic rings. The summed E-state index contributed by atoms with van der Waals surface area (Å²) in [6, 6.07) is 6.50. The van der Waals surface area contributed by atoms with Crippen molar-refractivity contribution in [1.82, 2.24) is 9.55 Å². The molecule has 0 saturated heterocycles. The number of para-hydroxylation sites is 1. The number of aromatic nitrogens is 2. The monoisotopic (exact) mass is 215 g/mol. The number of rotatable bonds is 2. The molecule has 3 rings (SSSR count). The van der Waals surface area contributed by atoms with Crippen molar-refractivity contribution in [2.75, 3.05) is 5.73 Å². The minimum atomic E-state index is 0.447. The molecule has 84 valence electrons. The molecule has 2 aromatic rings. The smallest absolute Gasteiger partial charge is 0.113 e. The summed E-state index contributed by atoms with van der Waals surface area (Å²) >= 11 is 0. The topological polar surface area (TPSA) is 43.8 Å². The van der Waals surface area contributed by atoms with Crippen LogP contribution in [0.4, 0.5) is 5.69 Å². The number of benzene rings is 1. The molecule has 1 saturated carbocycles. The first kappa shape index (κ1) is 9.70. The first-order valence-corrected chi connectivity index (χ1v) is 5.95. The second-order valence-corrected chi connectivity index (χ2v) is 4.92. The van der Waals surface area contributed by atoms with Crippen molar-refractivity contribution in [2.45, 2.75) is 38.6 Å². The number of fused-ring (bicyclic) bond motifs is 1. The van der Waals surface area contributed by atoms with Gasteiger partial charge in [-0.05, 0) is 38.8 Å². The lowest BCUT2D eigenvalue weighted by atomic mass is 10.2. The number of hydrogen-bond donors (Lipinski definition) is 1. The van der Waals surface area contributed by atoms with Crippen LogP contribution >= 0.6 is 0 Å². The molecule has 2 N–H and O–H groups in total. The molecule has 0 radical (unpaired) electrons. The van der Waals surface area contributed by atoms with Crippen LogP contribution in [0.15, 0.2) is 18.2 Å². The van der Waals surface area contributed by atoms with Crippen molar-refractivity contribution in [1.29, 1.82) is 0 Å². The van der Waals surface area contributed by atoms with Crippen molar-refractivity contribution in [2.24, 2.45) is 0 Å². The van der Waals surface area contributed by atoms with E-state index >= 15 is 0 Å². The highest BCUT2D eigenvalue weighted by Crippen LogP contribution is 2.42. The second kappa shape index (κ2) is 3.24. The highest BCUT2D eigenvalue weighted by atomic mass is 15.1. The normalized spacial score (nSPS) is 16.2. The predicted octanol–water partition coefficient (Wildman–Crippen LogP) is 3.08. The molecule has 3 nitrogen and oxygen atoms in total. The average Bonchev–Trinajstić information content (AvgIpc) is 2.99. The van der Waals surface area contributed by atoms with Gasteiger partial charge in [0.05, 0.1) is 11.2 Å². The van der Waals surface area contributed by atoms with Crippen molar-refractivity contribution in [3.05, 3.63) is 24.0 Å². The van der Waals surface area contributed by atoms with Gasteiger partial charge in [-0.1, -0.05) is 6.07 Å². The van der Waals surface area contributed by atoms with E-state index < -0.39 is 0 Å². The zero-order valence-electron chi connectivity index (χ0n) is 9.77. The van der Waals surface area contributed by atoms with Gasteiger partial charge >= 0.3 is 0 Å². The van der Waals surface area contributed by atoms with Gasteiger partial charge in [0.1, 0.15) is 11.3 Å². The van der Waals surface area contributed by atoms with Gasteiger partial charge in [0.15, 0.2) is 0 Å². The minimum absolute atomic E-state index is 0.447. The maximum absolute atomic E-state index is 5.98. The molecule has 1 aliphatic carbocycles. The predicted molar refractivity (Wildman–Crippen MR) is 66.5 cm³/mol. The summed E-state index contributed by atoms with van der Waals surface area (Å²) in [6.45, 7) is 4.41. The Kier molecular flexibility index (Phi) is 1.96. The molecule has 1 fully saturated rings. The summed E-state index contributed by atoms with van der Waals surface area (Å²) < 4.78 is 2.34. The average molecular weight is 215 g/mol. The third kappa shape index (κ3) is 1.31. The number of nitrogens with two attached hydrogens (primary N) is 1. The zero-order chi connectivity index (χ0) is 11.3. The van der Waals surface area contributed by atoms with Crippen LogP contribution in [-0.4, -0.2) is 9.55 Å². The third-order valence-electron chi connectivity index (χ3n) is 3.24. The summed E-state index contributed by atoms with van der Waals surface area (Å²) in [5.74, 6) is 1.89. The molecule has 0 bridgehead atoms. The standard InChI is InChI=1S/C13H17N3/c1-8(2)16-11-5-3-4-10(14)12(11)15-13(16)9-6-7-9/h3-5,8-9H,6-7,14H2,1-2H3. The lowest BCUT2D eigenvalue weighted by molar-refractivity contribution is 0.585. The summed E-state index contributed by atoms with van der Waals surface area (Å²) in [5, 5.41) is 0. The number of imidazole rings is 1. The van der Waals surface area contributed by atoms with Crippen LogP contribution in [0.5, 0.6) is 0 Å². The SMILES string of the molecule is CC(C)n1c(C2CC2)nc2c(N)cccc21. The van der Waals surface area contributed by atoms with Gasteiger partial charge in [0.25, 0.3) is 0 Å². The van der Waals surface area contributed by atoms with Crippen LogP contribution in [0.2, 0.25) is 0 Å². The van der Waals surface area contributed by atoms with Gasteiger partial charge in [-0.15, -0.1) is 0 Å². The lowest BCUT2D eigenvalue weighted by Crippen LogP contribution is -2.05. The maximum Gasteiger partial charge on any atom is 0.113 e. The summed E-state index contributed by atoms with van der Waals surface area (Å²) in [5.41, 5.74) is 8.92. The van der Waals surface area contributed by atoms with E-state index in [1.807, 2.05) is 12.1 Å². The van der Waals surface area contributed by atoms with E-state index in [-0.39, 0.29) is 0 Å². The van der Waals surface area contributed by atoms with E-state index in [0.29, 0.717) is 12.0 Å². The fraction of sp³-hybridized carbons (Fsp3) is 0.462. The van der Waals surface area contributed by atoms with Crippen LogP contribution in [0.1, 0.15) is 44.5 Å². The third-order valence-corrected chi connectivity index (χ3v) is 3.24. The Balaban J connectivity index is 2.32. The highest BCUT2D eigenvalue weighted by molar-refractivity contribution is 5.87. The largest absolute Gasteiger partial charge is 0.397 e. The van der Waals surface area contributed by atoms with E-state index in [1.54, 1.807) is 0 Å².